The van der Waals surface area contributed by atoms with E-state index in [0.29, 0.717) is 18.3 Å². The van der Waals surface area contributed by atoms with Crippen molar-refractivity contribution in [2.45, 2.75) is 39.2 Å². The van der Waals surface area contributed by atoms with Crippen molar-refractivity contribution in [1.29, 1.82) is 0 Å². The smallest absolute Gasteiger partial charge is 0.140 e. The molecule has 4 heteroatoms. The van der Waals surface area contributed by atoms with Gasteiger partial charge in [0.15, 0.2) is 0 Å². The van der Waals surface area contributed by atoms with E-state index in [1.807, 2.05) is 0 Å². The van der Waals surface area contributed by atoms with E-state index in [2.05, 4.69) is 31.0 Å². The van der Waals surface area contributed by atoms with Gasteiger partial charge < -0.3 is 15.8 Å². The van der Waals surface area contributed by atoms with Crippen LogP contribution in [0, 0.1) is 0 Å². The Balaban J connectivity index is 3.78. The molecule has 0 radical (unpaired) electrons. The van der Waals surface area contributed by atoms with Gasteiger partial charge >= 0.3 is 0 Å². The molecule has 0 amide bonds. The summed E-state index contributed by atoms with van der Waals surface area (Å²) >= 11 is 0. The SMILES string of the molecule is CCC(CC)N(C)CC/C(N)=N/O. The molecule has 13 heavy (non-hydrogen) atoms. The molecule has 0 aromatic heterocycles. The quantitative estimate of drug-likeness (QED) is 0.285. The van der Waals surface area contributed by atoms with E-state index < -0.39 is 0 Å². The van der Waals surface area contributed by atoms with Crippen LogP contribution in [0.1, 0.15) is 33.1 Å². The topological polar surface area (TPSA) is 61.8 Å². The number of nitrogens with two attached hydrogens (primary N) is 1. The maximum atomic E-state index is 8.35. The Labute approximate surface area is 80.4 Å². The lowest BCUT2D eigenvalue weighted by molar-refractivity contribution is 0.234. The molecule has 0 aromatic carbocycles. The van der Waals surface area contributed by atoms with Crippen LogP contribution in [-0.2, 0) is 0 Å². The number of hydrogen-bond acceptors (Lipinski definition) is 3. The first-order valence-electron chi connectivity index (χ1n) is 4.82. The van der Waals surface area contributed by atoms with Gasteiger partial charge in [0, 0.05) is 19.0 Å². The van der Waals surface area contributed by atoms with Gasteiger partial charge in [0.05, 0.1) is 0 Å². The molecule has 78 valence electrons. The molecule has 0 aliphatic heterocycles. The largest absolute Gasteiger partial charge is 0.409 e. The van der Waals surface area contributed by atoms with Gasteiger partial charge in [0.25, 0.3) is 0 Å². The van der Waals surface area contributed by atoms with E-state index in [4.69, 9.17) is 10.9 Å². The molecule has 0 unspecified atom stereocenters. The standard InChI is InChI=1S/C9H21N3O/c1-4-8(5-2)12(3)7-6-9(10)11-13/h8,13H,4-7H2,1-3H3,(H2,10,11). The second-order valence-corrected chi connectivity index (χ2v) is 3.29. The first-order chi connectivity index (χ1) is 6.15. The van der Waals surface area contributed by atoms with E-state index in [1.54, 1.807) is 0 Å². The summed E-state index contributed by atoms with van der Waals surface area (Å²) in [6, 6.07) is 0.603. The highest BCUT2D eigenvalue weighted by Gasteiger charge is 2.09. The van der Waals surface area contributed by atoms with Gasteiger partial charge in [-0.2, -0.15) is 0 Å². The highest BCUT2D eigenvalue weighted by molar-refractivity contribution is 5.79. The summed E-state index contributed by atoms with van der Waals surface area (Å²) in [6.45, 7) is 5.20. The van der Waals surface area contributed by atoms with Crippen molar-refractivity contribution >= 4 is 5.84 Å². The van der Waals surface area contributed by atoms with Crippen LogP contribution in [-0.4, -0.2) is 35.6 Å². The van der Waals surface area contributed by atoms with Crippen LogP contribution in [0.4, 0.5) is 0 Å². The summed E-state index contributed by atoms with van der Waals surface area (Å²) in [4.78, 5) is 2.25. The van der Waals surface area contributed by atoms with Crippen molar-refractivity contribution in [3.8, 4) is 0 Å². The molecule has 0 saturated carbocycles. The minimum Gasteiger partial charge on any atom is -0.409 e. The van der Waals surface area contributed by atoms with Crippen LogP contribution in [0.3, 0.4) is 0 Å². The molecule has 3 N–H and O–H groups in total. The fourth-order valence-corrected chi connectivity index (χ4v) is 1.44. The summed E-state index contributed by atoms with van der Waals surface area (Å²) in [7, 11) is 2.07. The third-order valence-corrected chi connectivity index (χ3v) is 2.41. The zero-order valence-corrected chi connectivity index (χ0v) is 8.82. The van der Waals surface area contributed by atoms with Crippen LogP contribution in [0.15, 0.2) is 5.16 Å². The van der Waals surface area contributed by atoms with Crippen LogP contribution in [0.25, 0.3) is 0 Å². The monoisotopic (exact) mass is 187 g/mol. The molecule has 0 rings (SSSR count). The highest BCUT2D eigenvalue weighted by atomic mass is 16.4. The van der Waals surface area contributed by atoms with E-state index in [0.717, 1.165) is 19.4 Å². The number of nitrogens with zero attached hydrogens (tertiary/aromatic N) is 2. The van der Waals surface area contributed by atoms with Gasteiger partial charge in [0.1, 0.15) is 5.84 Å². The molecule has 0 aliphatic carbocycles. The summed E-state index contributed by atoms with van der Waals surface area (Å²) in [5.41, 5.74) is 5.38. The van der Waals surface area contributed by atoms with Gasteiger partial charge in [0.2, 0.25) is 0 Å². The third kappa shape index (κ3) is 4.72. The van der Waals surface area contributed by atoms with Gasteiger partial charge in [-0.05, 0) is 19.9 Å². The van der Waals surface area contributed by atoms with E-state index in [1.165, 1.54) is 0 Å². The van der Waals surface area contributed by atoms with E-state index >= 15 is 0 Å². The molecule has 4 nitrogen and oxygen atoms in total. The highest BCUT2D eigenvalue weighted by Crippen LogP contribution is 2.05. The molecule has 0 saturated heterocycles. The first-order valence-corrected chi connectivity index (χ1v) is 4.82. The van der Waals surface area contributed by atoms with Crippen LogP contribution in [0.5, 0.6) is 0 Å². The third-order valence-electron chi connectivity index (χ3n) is 2.41. The zero-order valence-electron chi connectivity index (χ0n) is 8.82. The Hall–Kier alpha value is -0.770. The van der Waals surface area contributed by atoms with Crippen LogP contribution in [0.2, 0.25) is 0 Å². The van der Waals surface area contributed by atoms with Crippen molar-refractivity contribution < 1.29 is 5.21 Å². The Kier molecular flexibility index (Phi) is 6.32. The lowest BCUT2D eigenvalue weighted by Crippen LogP contribution is -2.33. The average Bonchev–Trinajstić information content (AvgIpc) is 2.16. The zero-order chi connectivity index (χ0) is 10.3. The second kappa shape index (κ2) is 6.71. The lowest BCUT2D eigenvalue weighted by atomic mass is 10.1. The van der Waals surface area contributed by atoms with Crippen LogP contribution >= 0.6 is 0 Å². The Morgan fingerprint density at radius 2 is 2.00 bits per heavy atom. The Morgan fingerprint density at radius 3 is 2.38 bits per heavy atom. The minimum absolute atomic E-state index is 0.304. The number of amidine groups is 1. The maximum absolute atomic E-state index is 8.35. The first kappa shape index (κ1) is 12.2. The summed E-state index contributed by atoms with van der Waals surface area (Å²) < 4.78 is 0. The summed E-state index contributed by atoms with van der Waals surface area (Å²) in [5, 5.41) is 11.3. The lowest BCUT2D eigenvalue weighted by Gasteiger charge is -2.25. The van der Waals surface area contributed by atoms with Crippen molar-refractivity contribution in [1.82, 2.24) is 4.90 Å². The molecular formula is C9H21N3O. The van der Waals surface area contributed by atoms with Gasteiger partial charge in [-0.1, -0.05) is 19.0 Å². The molecular weight excluding hydrogens is 166 g/mol. The van der Waals surface area contributed by atoms with Crippen LogP contribution < -0.4 is 5.73 Å². The molecule has 0 aromatic rings. The maximum Gasteiger partial charge on any atom is 0.140 e. The van der Waals surface area contributed by atoms with Gasteiger partial charge in [-0.15, -0.1) is 0 Å². The molecule has 0 heterocycles. The second-order valence-electron chi connectivity index (χ2n) is 3.29. The molecule has 0 aliphatic rings. The van der Waals surface area contributed by atoms with Gasteiger partial charge in [-0.25, -0.2) is 0 Å². The Bertz CT molecular complexity index is 155. The normalized spacial score (nSPS) is 12.8. The predicted octanol–water partition coefficient (Wildman–Crippen LogP) is 1.24. The molecule has 0 fully saturated rings. The van der Waals surface area contributed by atoms with Crippen molar-refractivity contribution in [2.75, 3.05) is 13.6 Å². The van der Waals surface area contributed by atoms with Crippen molar-refractivity contribution in [2.24, 2.45) is 10.9 Å². The number of oxime groups is 1. The van der Waals surface area contributed by atoms with Crippen molar-refractivity contribution in [3.63, 3.8) is 0 Å². The van der Waals surface area contributed by atoms with Gasteiger partial charge in [-0.3, -0.25) is 0 Å². The fraction of sp³-hybridized carbons (Fsp3) is 0.889. The van der Waals surface area contributed by atoms with Crippen molar-refractivity contribution in [3.05, 3.63) is 0 Å². The molecule has 0 spiro atoms. The summed E-state index contributed by atoms with van der Waals surface area (Å²) in [5.74, 6) is 0.304. The van der Waals surface area contributed by atoms with E-state index in [-0.39, 0.29) is 0 Å². The average molecular weight is 187 g/mol. The Morgan fingerprint density at radius 1 is 1.46 bits per heavy atom. The molecule has 0 atom stereocenters. The minimum atomic E-state index is 0.304. The number of rotatable bonds is 6. The van der Waals surface area contributed by atoms with E-state index in [9.17, 15) is 0 Å². The number of hydrogen-bond donors (Lipinski definition) is 2. The molecule has 0 bridgehead atoms. The predicted molar refractivity (Wildman–Crippen MR) is 55.0 cm³/mol. The fourth-order valence-electron chi connectivity index (χ4n) is 1.44. The summed E-state index contributed by atoms with van der Waals surface area (Å²) in [6.07, 6.45) is 2.91.